The number of ether oxygens (including phenoxy) is 1. The average Bonchev–Trinajstić information content (AvgIpc) is 2.21. The molecule has 0 amide bonds. The summed E-state index contributed by atoms with van der Waals surface area (Å²) in [5.41, 5.74) is 0.525. The van der Waals surface area contributed by atoms with Crippen LogP contribution >= 0.6 is 0 Å². The molecule has 2 atom stereocenters. The number of hydrogen-bond acceptors (Lipinski definition) is 2. The van der Waals surface area contributed by atoms with Crippen molar-refractivity contribution in [1.29, 1.82) is 0 Å². The maximum Gasteiger partial charge on any atom is 0.126 e. The number of aliphatic hydroxyl groups is 1. The molecule has 2 unspecified atom stereocenters. The first-order chi connectivity index (χ1) is 7.15. The van der Waals surface area contributed by atoms with Crippen molar-refractivity contribution >= 4 is 0 Å². The number of benzene rings is 1. The van der Waals surface area contributed by atoms with E-state index in [9.17, 15) is 9.50 Å². The minimum Gasteiger partial charge on any atom is -0.390 e. The van der Waals surface area contributed by atoms with Crippen molar-refractivity contribution in [3.8, 4) is 0 Å². The Balaban J connectivity index is 2.58. The van der Waals surface area contributed by atoms with Gasteiger partial charge in [-0.3, -0.25) is 0 Å². The second-order valence-corrected chi connectivity index (χ2v) is 3.52. The molecule has 0 saturated heterocycles. The van der Waals surface area contributed by atoms with E-state index in [2.05, 4.69) is 0 Å². The van der Waals surface area contributed by atoms with Crippen LogP contribution in [0.3, 0.4) is 0 Å². The first kappa shape index (κ1) is 12.1. The van der Waals surface area contributed by atoms with E-state index in [4.69, 9.17) is 4.74 Å². The summed E-state index contributed by atoms with van der Waals surface area (Å²) in [5, 5.41) is 9.74. The molecule has 0 aliphatic rings. The van der Waals surface area contributed by atoms with Crippen LogP contribution in [0.1, 0.15) is 19.4 Å². The molecule has 0 aliphatic heterocycles. The van der Waals surface area contributed by atoms with Gasteiger partial charge in [0.15, 0.2) is 0 Å². The molecule has 1 aromatic carbocycles. The Bertz CT molecular complexity index is 301. The van der Waals surface area contributed by atoms with E-state index in [1.165, 1.54) is 6.07 Å². The molecule has 84 valence electrons. The van der Waals surface area contributed by atoms with E-state index in [1.54, 1.807) is 25.1 Å². The zero-order valence-corrected chi connectivity index (χ0v) is 9.11. The van der Waals surface area contributed by atoms with Crippen LogP contribution in [0, 0.1) is 5.82 Å². The fourth-order valence-electron chi connectivity index (χ4n) is 1.43. The molecule has 0 bridgehead atoms. The van der Waals surface area contributed by atoms with Crippen molar-refractivity contribution in [3.63, 3.8) is 0 Å². The van der Waals surface area contributed by atoms with E-state index in [0.29, 0.717) is 12.2 Å². The zero-order chi connectivity index (χ0) is 11.3. The number of rotatable bonds is 5. The van der Waals surface area contributed by atoms with Gasteiger partial charge in [-0.15, -0.1) is 0 Å². The van der Waals surface area contributed by atoms with Crippen LogP contribution in [0.25, 0.3) is 0 Å². The van der Waals surface area contributed by atoms with Crippen LogP contribution in [0.2, 0.25) is 0 Å². The summed E-state index contributed by atoms with van der Waals surface area (Å²) in [5.74, 6) is -0.278. The van der Waals surface area contributed by atoms with E-state index >= 15 is 0 Å². The standard InChI is InChI=1S/C12H17FO2/c1-3-15-9(2)12(14)8-10-6-4-5-7-11(10)13/h4-7,9,12,14H,3,8H2,1-2H3. The maximum atomic E-state index is 13.2. The van der Waals surface area contributed by atoms with Gasteiger partial charge in [0.2, 0.25) is 0 Å². The van der Waals surface area contributed by atoms with Gasteiger partial charge < -0.3 is 9.84 Å². The third kappa shape index (κ3) is 3.61. The molecule has 0 radical (unpaired) electrons. The minimum atomic E-state index is -0.665. The lowest BCUT2D eigenvalue weighted by atomic mass is 10.0. The highest BCUT2D eigenvalue weighted by Gasteiger charge is 2.16. The third-order valence-corrected chi connectivity index (χ3v) is 2.36. The Morgan fingerprint density at radius 3 is 2.67 bits per heavy atom. The summed E-state index contributed by atoms with van der Waals surface area (Å²) < 4.78 is 18.5. The van der Waals surface area contributed by atoms with Gasteiger partial charge >= 0.3 is 0 Å². The fourth-order valence-corrected chi connectivity index (χ4v) is 1.43. The predicted octanol–water partition coefficient (Wildman–Crippen LogP) is 2.15. The predicted molar refractivity (Wildman–Crippen MR) is 57.2 cm³/mol. The SMILES string of the molecule is CCOC(C)C(O)Cc1ccccc1F. The van der Waals surface area contributed by atoms with Crippen LogP contribution < -0.4 is 0 Å². The van der Waals surface area contributed by atoms with E-state index in [1.807, 2.05) is 6.92 Å². The first-order valence-electron chi connectivity index (χ1n) is 5.18. The van der Waals surface area contributed by atoms with Gasteiger partial charge in [0, 0.05) is 13.0 Å². The van der Waals surface area contributed by atoms with Crippen molar-refractivity contribution in [2.45, 2.75) is 32.5 Å². The third-order valence-electron chi connectivity index (χ3n) is 2.36. The molecule has 0 aliphatic carbocycles. The molecule has 0 heterocycles. The van der Waals surface area contributed by atoms with E-state index < -0.39 is 6.10 Å². The Morgan fingerprint density at radius 2 is 2.07 bits per heavy atom. The molecule has 1 aromatic rings. The van der Waals surface area contributed by atoms with Crippen molar-refractivity contribution in [3.05, 3.63) is 35.6 Å². The van der Waals surface area contributed by atoms with E-state index in [0.717, 1.165) is 0 Å². The monoisotopic (exact) mass is 212 g/mol. The lowest BCUT2D eigenvalue weighted by Gasteiger charge is -2.18. The highest BCUT2D eigenvalue weighted by molar-refractivity contribution is 5.18. The summed E-state index contributed by atoms with van der Waals surface area (Å²) in [4.78, 5) is 0. The van der Waals surface area contributed by atoms with Gasteiger partial charge in [-0.2, -0.15) is 0 Å². The lowest BCUT2D eigenvalue weighted by molar-refractivity contribution is -0.0211. The van der Waals surface area contributed by atoms with Gasteiger partial charge in [0.1, 0.15) is 5.82 Å². The minimum absolute atomic E-state index is 0.269. The number of hydrogen-bond donors (Lipinski definition) is 1. The molecule has 15 heavy (non-hydrogen) atoms. The second-order valence-electron chi connectivity index (χ2n) is 3.52. The van der Waals surface area contributed by atoms with Gasteiger partial charge in [0.25, 0.3) is 0 Å². The van der Waals surface area contributed by atoms with Gasteiger partial charge in [-0.1, -0.05) is 18.2 Å². The lowest BCUT2D eigenvalue weighted by Crippen LogP contribution is -2.28. The second kappa shape index (κ2) is 5.83. The van der Waals surface area contributed by atoms with Crippen LogP contribution in [0.4, 0.5) is 4.39 Å². The molecular weight excluding hydrogens is 195 g/mol. The van der Waals surface area contributed by atoms with Crippen LogP contribution in [-0.4, -0.2) is 23.9 Å². The highest BCUT2D eigenvalue weighted by Crippen LogP contribution is 2.12. The molecule has 0 saturated carbocycles. The Labute approximate surface area is 89.7 Å². The van der Waals surface area contributed by atoms with Crippen LogP contribution in [0.5, 0.6) is 0 Å². The van der Waals surface area contributed by atoms with Crippen LogP contribution in [-0.2, 0) is 11.2 Å². The first-order valence-corrected chi connectivity index (χ1v) is 5.18. The maximum absolute atomic E-state index is 13.2. The molecular formula is C12H17FO2. The Hall–Kier alpha value is -0.930. The topological polar surface area (TPSA) is 29.5 Å². The summed E-state index contributed by atoms with van der Waals surface area (Å²) in [7, 11) is 0. The van der Waals surface area contributed by atoms with Gasteiger partial charge in [-0.05, 0) is 25.5 Å². The van der Waals surface area contributed by atoms with Gasteiger partial charge in [-0.25, -0.2) is 4.39 Å². The summed E-state index contributed by atoms with van der Waals surface area (Å²) >= 11 is 0. The quantitative estimate of drug-likeness (QED) is 0.810. The average molecular weight is 212 g/mol. The molecule has 3 heteroatoms. The molecule has 0 spiro atoms. The fraction of sp³-hybridized carbons (Fsp3) is 0.500. The van der Waals surface area contributed by atoms with Crippen molar-refractivity contribution in [1.82, 2.24) is 0 Å². The molecule has 1 rings (SSSR count). The van der Waals surface area contributed by atoms with Crippen LogP contribution in [0.15, 0.2) is 24.3 Å². The normalized spacial score (nSPS) is 14.9. The molecule has 2 nitrogen and oxygen atoms in total. The van der Waals surface area contributed by atoms with Gasteiger partial charge in [0.05, 0.1) is 12.2 Å². The molecule has 0 aromatic heterocycles. The molecule has 0 fully saturated rings. The van der Waals surface area contributed by atoms with E-state index in [-0.39, 0.29) is 18.3 Å². The summed E-state index contributed by atoms with van der Waals surface area (Å²) in [6.07, 6.45) is -0.648. The Kier molecular flexibility index (Phi) is 4.72. The Morgan fingerprint density at radius 1 is 1.40 bits per heavy atom. The van der Waals surface area contributed by atoms with Crippen molar-refractivity contribution < 1.29 is 14.2 Å². The summed E-state index contributed by atoms with van der Waals surface area (Å²) in [6, 6.07) is 6.47. The smallest absolute Gasteiger partial charge is 0.126 e. The summed E-state index contributed by atoms with van der Waals surface area (Å²) in [6.45, 7) is 4.21. The van der Waals surface area contributed by atoms with Crippen molar-refractivity contribution in [2.75, 3.05) is 6.61 Å². The zero-order valence-electron chi connectivity index (χ0n) is 9.11. The number of halogens is 1. The molecule has 1 N–H and O–H groups in total. The number of aliphatic hydroxyl groups excluding tert-OH is 1. The largest absolute Gasteiger partial charge is 0.390 e. The van der Waals surface area contributed by atoms with Crippen molar-refractivity contribution in [2.24, 2.45) is 0 Å². The highest BCUT2D eigenvalue weighted by atomic mass is 19.1.